The summed E-state index contributed by atoms with van der Waals surface area (Å²) in [5.74, 6) is -0.145. The Morgan fingerprint density at radius 1 is 1.23 bits per heavy atom. The van der Waals surface area contributed by atoms with Gasteiger partial charge in [-0.2, -0.15) is 0 Å². The molecular weight excluding hydrogens is 449 g/mol. The number of para-hydroxylation sites is 1. The molecule has 2 aromatic carbocycles. The van der Waals surface area contributed by atoms with Gasteiger partial charge < -0.3 is 10.2 Å². The summed E-state index contributed by atoms with van der Waals surface area (Å²) >= 11 is 3.44. The number of nitrogens with zero attached hydrogens (tertiary/aromatic N) is 4. The normalized spacial score (nSPS) is 13.3. The van der Waals surface area contributed by atoms with Gasteiger partial charge in [-0.05, 0) is 55.7 Å². The zero-order chi connectivity index (χ0) is 21.1. The van der Waals surface area contributed by atoms with E-state index in [0.717, 1.165) is 28.7 Å². The van der Waals surface area contributed by atoms with E-state index in [-0.39, 0.29) is 11.7 Å². The minimum absolute atomic E-state index is 0.214. The van der Waals surface area contributed by atoms with Crippen LogP contribution in [0.5, 0.6) is 0 Å². The van der Waals surface area contributed by atoms with Crippen molar-refractivity contribution in [2.24, 2.45) is 0 Å². The number of hydrogen-bond donors (Lipinski definition) is 1. The van der Waals surface area contributed by atoms with Gasteiger partial charge in [0.25, 0.3) is 5.91 Å². The van der Waals surface area contributed by atoms with Crippen LogP contribution in [0.1, 0.15) is 41.4 Å². The molecule has 1 N–H and O–H groups in total. The van der Waals surface area contributed by atoms with E-state index in [1.165, 1.54) is 6.07 Å². The summed E-state index contributed by atoms with van der Waals surface area (Å²) in [4.78, 5) is 14.6. The van der Waals surface area contributed by atoms with E-state index in [1.54, 1.807) is 16.8 Å². The van der Waals surface area contributed by atoms with Crippen LogP contribution in [-0.4, -0.2) is 41.0 Å². The van der Waals surface area contributed by atoms with E-state index in [0.29, 0.717) is 36.8 Å². The molecule has 3 aromatic rings. The van der Waals surface area contributed by atoms with Crippen molar-refractivity contribution in [3.05, 3.63) is 70.2 Å². The van der Waals surface area contributed by atoms with Crippen LogP contribution in [-0.2, 0) is 0 Å². The number of carbonyl (C=O) groups excluding carboxylic acids is 1. The number of halogens is 2. The molecule has 6 nitrogen and oxygen atoms in total. The van der Waals surface area contributed by atoms with Crippen LogP contribution in [0.3, 0.4) is 0 Å². The summed E-state index contributed by atoms with van der Waals surface area (Å²) in [6.45, 7) is 1.11. The number of nitrogens with one attached hydrogen (secondary N) is 1. The highest BCUT2D eigenvalue weighted by atomic mass is 79.9. The highest BCUT2D eigenvalue weighted by molar-refractivity contribution is 9.10. The molecule has 1 fully saturated rings. The molecule has 0 unspecified atom stereocenters. The van der Waals surface area contributed by atoms with Crippen LogP contribution >= 0.6 is 15.9 Å². The molecule has 156 valence electrons. The Labute approximate surface area is 183 Å². The molecule has 1 saturated carbocycles. The fourth-order valence-electron chi connectivity index (χ4n) is 3.43. The average Bonchev–Trinajstić information content (AvgIpc) is 3.49. The van der Waals surface area contributed by atoms with Crippen molar-refractivity contribution in [1.82, 2.24) is 20.3 Å². The van der Waals surface area contributed by atoms with Crippen molar-refractivity contribution < 1.29 is 9.18 Å². The summed E-state index contributed by atoms with van der Waals surface area (Å²) in [5.41, 5.74) is 2.71. The third-order valence-electron chi connectivity index (χ3n) is 5.17. The van der Waals surface area contributed by atoms with Crippen molar-refractivity contribution in [2.45, 2.75) is 25.2 Å². The first-order valence-electron chi connectivity index (χ1n) is 10.00. The fourth-order valence-corrected chi connectivity index (χ4v) is 3.69. The fraction of sp³-hybridized carbons (Fsp3) is 0.318. The first-order valence-corrected chi connectivity index (χ1v) is 10.8. The lowest BCUT2D eigenvalue weighted by Gasteiger charge is -2.19. The average molecular weight is 472 g/mol. The lowest BCUT2D eigenvalue weighted by Crippen LogP contribution is -2.29. The number of carbonyl (C=O) groups is 1. The van der Waals surface area contributed by atoms with Crippen molar-refractivity contribution in [2.75, 3.05) is 25.0 Å². The van der Waals surface area contributed by atoms with E-state index < -0.39 is 0 Å². The number of hydrogen-bond acceptors (Lipinski definition) is 4. The third kappa shape index (κ3) is 4.53. The first kappa shape index (κ1) is 20.5. The highest BCUT2D eigenvalue weighted by Crippen LogP contribution is 2.42. The molecule has 1 aliphatic carbocycles. The van der Waals surface area contributed by atoms with Crippen molar-refractivity contribution in [3.63, 3.8) is 0 Å². The SMILES string of the molecule is CN(CCCNC(=O)c1nnn(-c2ccc(Br)cc2)c1C1CC1)c1ccccc1F. The number of aromatic nitrogens is 3. The molecule has 0 saturated heterocycles. The van der Waals surface area contributed by atoms with Crippen LogP contribution in [0.4, 0.5) is 10.1 Å². The maximum Gasteiger partial charge on any atom is 0.273 e. The number of anilines is 1. The molecule has 1 amide bonds. The zero-order valence-corrected chi connectivity index (χ0v) is 18.3. The Morgan fingerprint density at radius 2 is 1.97 bits per heavy atom. The van der Waals surface area contributed by atoms with E-state index in [1.807, 2.05) is 42.3 Å². The summed E-state index contributed by atoms with van der Waals surface area (Å²) in [5, 5.41) is 11.4. The topological polar surface area (TPSA) is 63.1 Å². The van der Waals surface area contributed by atoms with Crippen LogP contribution in [0, 0.1) is 5.82 Å². The molecular formula is C22H23BrFN5O. The van der Waals surface area contributed by atoms with Gasteiger partial charge in [0, 0.05) is 30.5 Å². The first-order chi connectivity index (χ1) is 14.5. The third-order valence-corrected chi connectivity index (χ3v) is 5.70. The Morgan fingerprint density at radius 3 is 2.67 bits per heavy atom. The monoisotopic (exact) mass is 471 g/mol. The zero-order valence-electron chi connectivity index (χ0n) is 16.7. The van der Waals surface area contributed by atoms with Crippen LogP contribution in [0.2, 0.25) is 0 Å². The Hall–Kier alpha value is -2.74. The number of amides is 1. The smallest absolute Gasteiger partial charge is 0.273 e. The minimum Gasteiger partial charge on any atom is -0.372 e. The van der Waals surface area contributed by atoms with E-state index in [9.17, 15) is 9.18 Å². The highest BCUT2D eigenvalue weighted by Gasteiger charge is 2.34. The summed E-state index contributed by atoms with van der Waals surface area (Å²) in [6, 6.07) is 14.5. The second-order valence-corrected chi connectivity index (χ2v) is 8.38. The van der Waals surface area contributed by atoms with Gasteiger partial charge >= 0.3 is 0 Å². The van der Waals surface area contributed by atoms with Gasteiger partial charge in [-0.25, -0.2) is 9.07 Å². The maximum absolute atomic E-state index is 13.9. The Bertz CT molecular complexity index is 1030. The lowest BCUT2D eigenvalue weighted by atomic mass is 10.2. The second kappa shape index (κ2) is 8.95. The van der Waals surface area contributed by atoms with Gasteiger partial charge in [-0.15, -0.1) is 5.10 Å². The Balaban J connectivity index is 1.38. The molecule has 1 aliphatic rings. The molecule has 4 rings (SSSR count). The van der Waals surface area contributed by atoms with Crippen LogP contribution in [0.25, 0.3) is 5.69 Å². The summed E-state index contributed by atoms with van der Waals surface area (Å²) in [6.07, 6.45) is 2.77. The standard InChI is InChI=1S/C22H23BrFN5O/c1-28(19-6-3-2-5-18(19)24)14-4-13-25-22(30)20-21(15-7-8-15)29(27-26-20)17-11-9-16(23)10-12-17/h2-3,5-6,9-12,15H,4,7-8,13-14H2,1H3,(H,25,30). The molecule has 1 aromatic heterocycles. The minimum atomic E-state index is -0.248. The van der Waals surface area contributed by atoms with Gasteiger partial charge in [0.1, 0.15) is 5.82 Å². The van der Waals surface area contributed by atoms with Crippen LogP contribution in [0.15, 0.2) is 53.0 Å². The Kier molecular flexibility index (Phi) is 6.13. The van der Waals surface area contributed by atoms with E-state index in [4.69, 9.17) is 0 Å². The van der Waals surface area contributed by atoms with Crippen molar-refractivity contribution in [3.8, 4) is 5.69 Å². The number of benzene rings is 2. The van der Waals surface area contributed by atoms with Gasteiger partial charge in [-0.1, -0.05) is 33.3 Å². The van der Waals surface area contributed by atoms with Gasteiger partial charge in [0.15, 0.2) is 5.69 Å². The molecule has 0 aliphatic heterocycles. The predicted molar refractivity (Wildman–Crippen MR) is 118 cm³/mol. The second-order valence-electron chi connectivity index (χ2n) is 7.47. The van der Waals surface area contributed by atoms with Gasteiger partial charge in [-0.3, -0.25) is 4.79 Å². The lowest BCUT2D eigenvalue weighted by molar-refractivity contribution is 0.0947. The van der Waals surface area contributed by atoms with Gasteiger partial charge in [0.2, 0.25) is 0 Å². The van der Waals surface area contributed by atoms with E-state index in [2.05, 4.69) is 31.6 Å². The molecule has 30 heavy (non-hydrogen) atoms. The quantitative estimate of drug-likeness (QED) is 0.497. The van der Waals surface area contributed by atoms with Crippen molar-refractivity contribution >= 4 is 27.5 Å². The van der Waals surface area contributed by atoms with Gasteiger partial charge in [0.05, 0.1) is 17.1 Å². The largest absolute Gasteiger partial charge is 0.372 e. The molecule has 0 radical (unpaired) electrons. The molecule has 1 heterocycles. The molecule has 8 heteroatoms. The van der Waals surface area contributed by atoms with Crippen LogP contribution < -0.4 is 10.2 Å². The van der Waals surface area contributed by atoms with E-state index >= 15 is 0 Å². The molecule has 0 atom stereocenters. The predicted octanol–water partition coefficient (Wildman–Crippen LogP) is 4.30. The molecule has 0 spiro atoms. The maximum atomic E-state index is 13.9. The van der Waals surface area contributed by atoms with Crippen molar-refractivity contribution in [1.29, 1.82) is 0 Å². The summed E-state index contributed by atoms with van der Waals surface area (Å²) < 4.78 is 16.6. The summed E-state index contributed by atoms with van der Waals surface area (Å²) in [7, 11) is 1.84. The molecule has 0 bridgehead atoms. The number of rotatable bonds is 8.